The maximum absolute atomic E-state index is 12.6. The first kappa shape index (κ1) is 17.3. The summed E-state index contributed by atoms with van der Waals surface area (Å²) in [6, 6.07) is 10.4. The molecule has 0 saturated carbocycles. The van der Waals surface area contributed by atoms with Crippen LogP contribution in [0.5, 0.6) is 0 Å². The SMILES string of the molecule is O=C(CSc1nnc2n1CCCCC2)N1CC=C(c2ccccc2)CC1. The third-order valence-electron chi connectivity index (χ3n) is 5.11. The number of nitrogens with zero attached hydrogens (tertiary/aromatic N) is 4. The molecule has 1 aromatic heterocycles. The molecule has 2 aliphatic heterocycles. The van der Waals surface area contributed by atoms with Gasteiger partial charge in [0.1, 0.15) is 5.82 Å². The molecule has 2 aliphatic rings. The van der Waals surface area contributed by atoms with Gasteiger partial charge >= 0.3 is 0 Å². The highest BCUT2D eigenvalue weighted by Crippen LogP contribution is 2.24. The Labute approximate surface area is 158 Å². The van der Waals surface area contributed by atoms with Crippen LogP contribution >= 0.6 is 11.8 Å². The van der Waals surface area contributed by atoms with Gasteiger partial charge in [0, 0.05) is 26.1 Å². The number of rotatable bonds is 4. The minimum atomic E-state index is 0.185. The first-order valence-electron chi connectivity index (χ1n) is 9.38. The second kappa shape index (κ2) is 8.08. The molecule has 5 nitrogen and oxygen atoms in total. The van der Waals surface area contributed by atoms with Gasteiger partial charge in [-0.05, 0) is 30.4 Å². The van der Waals surface area contributed by atoms with E-state index in [9.17, 15) is 4.79 Å². The number of benzene rings is 1. The average Bonchev–Trinajstić information content (AvgIpc) is 2.93. The fourth-order valence-electron chi connectivity index (χ4n) is 3.59. The standard InChI is InChI=1S/C20H24N4OS/c25-19(15-26-20-22-21-18-9-5-2-6-12-24(18)20)23-13-10-17(11-14-23)16-7-3-1-4-8-16/h1,3-4,7-8,10H,2,5-6,9,11-15H2. The van der Waals surface area contributed by atoms with E-state index in [4.69, 9.17) is 0 Å². The Morgan fingerprint density at radius 3 is 2.73 bits per heavy atom. The van der Waals surface area contributed by atoms with Crippen LogP contribution in [-0.2, 0) is 17.8 Å². The quantitative estimate of drug-likeness (QED) is 0.776. The highest BCUT2D eigenvalue weighted by molar-refractivity contribution is 7.99. The highest BCUT2D eigenvalue weighted by Gasteiger charge is 2.20. The number of thioether (sulfide) groups is 1. The van der Waals surface area contributed by atoms with Gasteiger partial charge < -0.3 is 9.47 Å². The van der Waals surface area contributed by atoms with Crippen LogP contribution in [-0.4, -0.2) is 44.4 Å². The molecule has 0 aliphatic carbocycles. The summed E-state index contributed by atoms with van der Waals surface area (Å²) < 4.78 is 2.20. The van der Waals surface area contributed by atoms with Crippen LogP contribution in [0.15, 0.2) is 41.6 Å². The molecule has 6 heteroatoms. The van der Waals surface area contributed by atoms with Crippen LogP contribution < -0.4 is 0 Å². The molecule has 0 bridgehead atoms. The van der Waals surface area contributed by atoms with Crippen LogP contribution in [0.2, 0.25) is 0 Å². The number of fused-ring (bicyclic) bond motifs is 1. The minimum absolute atomic E-state index is 0.185. The van der Waals surface area contributed by atoms with Crippen molar-refractivity contribution < 1.29 is 4.79 Å². The van der Waals surface area contributed by atoms with Crippen molar-refractivity contribution in [3.8, 4) is 0 Å². The molecular weight excluding hydrogens is 344 g/mol. The number of hydrogen-bond donors (Lipinski definition) is 0. The fourth-order valence-corrected chi connectivity index (χ4v) is 4.48. The number of carbonyl (C=O) groups is 1. The van der Waals surface area contributed by atoms with Gasteiger partial charge in [0.25, 0.3) is 0 Å². The topological polar surface area (TPSA) is 51.0 Å². The van der Waals surface area contributed by atoms with Crippen LogP contribution in [0.4, 0.5) is 0 Å². The van der Waals surface area contributed by atoms with E-state index >= 15 is 0 Å². The van der Waals surface area contributed by atoms with Crippen LogP contribution in [0.25, 0.3) is 5.57 Å². The maximum atomic E-state index is 12.6. The Morgan fingerprint density at radius 2 is 1.92 bits per heavy atom. The molecule has 1 aromatic carbocycles. The zero-order valence-electron chi connectivity index (χ0n) is 14.9. The van der Waals surface area contributed by atoms with Gasteiger partial charge in [0.2, 0.25) is 5.91 Å². The Bertz CT molecular complexity index is 799. The second-order valence-corrected chi connectivity index (χ2v) is 7.78. The number of aryl methyl sites for hydroxylation is 1. The molecule has 0 N–H and O–H groups in total. The van der Waals surface area contributed by atoms with Crippen molar-refractivity contribution in [1.29, 1.82) is 0 Å². The summed E-state index contributed by atoms with van der Waals surface area (Å²) in [6.45, 7) is 2.46. The lowest BCUT2D eigenvalue weighted by molar-refractivity contribution is -0.127. The van der Waals surface area contributed by atoms with Crippen LogP contribution in [0, 0.1) is 0 Å². The summed E-state index contributed by atoms with van der Waals surface area (Å²) in [7, 11) is 0. The molecule has 0 spiro atoms. The summed E-state index contributed by atoms with van der Waals surface area (Å²) in [6.07, 6.45) is 7.71. The van der Waals surface area contributed by atoms with Gasteiger partial charge in [-0.1, -0.05) is 54.6 Å². The van der Waals surface area contributed by atoms with Gasteiger partial charge in [-0.2, -0.15) is 0 Å². The molecule has 4 rings (SSSR count). The van der Waals surface area contributed by atoms with Crippen LogP contribution in [0.3, 0.4) is 0 Å². The van der Waals surface area contributed by atoms with E-state index in [1.165, 1.54) is 42.2 Å². The fraction of sp³-hybridized carbons (Fsp3) is 0.450. The van der Waals surface area contributed by atoms with E-state index < -0.39 is 0 Å². The number of aromatic nitrogens is 3. The lowest BCUT2D eigenvalue weighted by Crippen LogP contribution is -2.35. The summed E-state index contributed by atoms with van der Waals surface area (Å²) in [5, 5.41) is 9.51. The van der Waals surface area contributed by atoms with Crippen molar-refractivity contribution >= 4 is 23.2 Å². The average molecular weight is 369 g/mol. The zero-order chi connectivity index (χ0) is 17.8. The molecule has 0 atom stereocenters. The Balaban J connectivity index is 1.34. The lowest BCUT2D eigenvalue weighted by atomic mass is 10.00. The van der Waals surface area contributed by atoms with E-state index in [1.54, 1.807) is 0 Å². The first-order valence-corrected chi connectivity index (χ1v) is 10.4. The van der Waals surface area contributed by atoms with E-state index in [2.05, 4.69) is 45.1 Å². The molecule has 3 heterocycles. The van der Waals surface area contributed by atoms with Gasteiger partial charge in [-0.15, -0.1) is 10.2 Å². The molecule has 2 aromatic rings. The van der Waals surface area contributed by atoms with Crippen molar-refractivity contribution in [2.24, 2.45) is 0 Å². The second-order valence-electron chi connectivity index (χ2n) is 6.83. The summed E-state index contributed by atoms with van der Waals surface area (Å²) in [4.78, 5) is 14.5. The first-order chi connectivity index (χ1) is 12.8. The molecule has 136 valence electrons. The van der Waals surface area contributed by atoms with Crippen molar-refractivity contribution in [1.82, 2.24) is 19.7 Å². The Kier molecular flexibility index (Phi) is 5.39. The number of carbonyl (C=O) groups excluding carboxylic acids is 1. The molecule has 26 heavy (non-hydrogen) atoms. The third kappa shape index (κ3) is 3.85. The van der Waals surface area contributed by atoms with Crippen molar-refractivity contribution in [2.75, 3.05) is 18.8 Å². The Morgan fingerprint density at radius 1 is 1.04 bits per heavy atom. The van der Waals surface area contributed by atoms with Crippen molar-refractivity contribution in [3.05, 3.63) is 47.8 Å². The Hall–Kier alpha value is -2.08. The minimum Gasteiger partial charge on any atom is -0.338 e. The third-order valence-corrected chi connectivity index (χ3v) is 6.06. The molecule has 0 saturated heterocycles. The summed E-state index contributed by atoms with van der Waals surface area (Å²) in [5.41, 5.74) is 2.60. The predicted molar refractivity (Wildman–Crippen MR) is 104 cm³/mol. The van der Waals surface area contributed by atoms with E-state index in [1.807, 2.05) is 11.0 Å². The van der Waals surface area contributed by atoms with E-state index in [0.717, 1.165) is 36.9 Å². The summed E-state index contributed by atoms with van der Waals surface area (Å²) in [5.74, 6) is 1.70. The molecule has 1 amide bonds. The predicted octanol–water partition coefficient (Wildman–Crippen LogP) is 3.41. The van der Waals surface area contributed by atoms with Gasteiger partial charge in [-0.3, -0.25) is 4.79 Å². The number of hydrogen-bond acceptors (Lipinski definition) is 4. The van der Waals surface area contributed by atoms with Gasteiger partial charge in [0.15, 0.2) is 5.16 Å². The van der Waals surface area contributed by atoms with Crippen LogP contribution in [0.1, 0.15) is 37.1 Å². The highest BCUT2D eigenvalue weighted by atomic mass is 32.2. The number of amides is 1. The van der Waals surface area contributed by atoms with Gasteiger partial charge in [0.05, 0.1) is 5.75 Å². The van der Waals surface area contributed by atoms with E-state index in [-0.39, 0.29) is 5.91 Å². The van der Waals surface area contributed by atoms with Crippen molar-refractivity contribution in [2.45, 2.75) is 43.8 Å². The molecule has 0 fully saturated rings. The lowest BCUT2D eigenvalue weighted by Gasteiger charge is -2.26. The molecule has 0 unspecified atom stereocenters. The van der Waals surface area contributed by atoms with Crippen molar-refractivity contribution in [3.63, 3.8) is 0 Å². The summed E-state index contributed by atoms with van der Waals surface area (Å²) >= 11 is 1.53. The smallest absolute Gasteiger partial charge is 0.233 e. The normalized spacial score (nSPS) is 17.4. The molecular formula is C20H24N4OS. The molecule has 0 radical (unpaired) electrons. The van der Waals surface area contributed by atoms with E-state index in [0.29, 0.717) is 12.3 Å². The largest absolute Gasteiger partial charge is 0.338 e. The zero-order valence-corrected chi connectivity index (χ0v) is 15.7. The maximum Gasteiger partial charge on any atom is 0.233 e. The van der Waals surface area contributed by atoms with Gasteiger partial charge in [-0.25, -0.2) is 0 Å². The monoisotopic (exact) mass is 368 g/mol.